The number of ether oxygens (including phenoxy) is 3. The van der Waals surface area contributed by atoms with Crippen molar-refractivity contribution in [2.75, 3.05) is 21.3 Å². The molecule has 28 heavy (non-hydrogen) atoms. The fourth-order valence-corrected chi connectivity index (χ4v) is 3.44. The molecule has 0 saturated carbocycles. The molecule has 0 amide bonds. The van der Waals surface area contributed by atoms with Crippen LogP contribution in [0.3, 0.4) is 0 Å². The average Bonchev–Trinajstić information content (AvgIpc) is 3.06. The number of methoxy groups -OCH3 is 3. The van der Waals surface area contributed by atoms with Crippen molar-refractivity contribution in [2.24, 2.45) is 0 Å². The minimum Gasteiger partial charge on any atom is -0.497 e. The van der Waals surface area contributed by atoms with Gasteiger partial charge in [0, 0.05) is 23.3 Å². The van der Waals surface area contributed by atoms with Gasteiger partial charge in [-0.1, -0.05) is 0 Å². The predicted molar refractivity (Wildman–Crippen MR) is 109 cm³/mol. The molecule has 0 atom stereocenters. The number of hydrogen-bond donors (Lipinski definition) is 1. The van der Waals surface area contributed by atoms with E-state index < -0.39 is 0 Å². The Morgan fingerprint density at radius 2 is 1.64 bits per heavy atom. The normalized spacial score (nSPS) is 12.1. The summed E-state index contributed by atoms with van der Waals surface area (Å²) in [5, 5.41) is 0. The number of benzene rings is 2. The molecular weight excluding hydrogens is 378 g/mol. The molecule has 3 rings (SSSR count). The number of hydrogen-bond acceptors (Lipinski definition) is 6. The summed E-state index contributed by atoms with van der Waals surface area (Å²) in [7, 11) is 4.69. The highest BCUT2D eigenvalue weighted by Gasteiger charge is 2.06. The first kappa shape index (κ1) is 19.4. The highest BCUT2D eigenvalue weighted by atomic mass is 32.1. The van der Waals surface area contributed by atoms with Gasteiger partial charge < -0.3 is 19.2 Å². The summed E-state index contributed by atoms with van der Waals surface area (Å²) in [6.07, 6.45) is 3.13. The van der Waals surface area contributed by atoms with Crippen molar-refractivity contribution in [3.8, 4) is 17.2 Å². The summed E-state index contributed by atoms with van der Waals surface area (Å²) < 4.78 is 16.6. The van der Waals surface area contributed by atoms with Crippen LogP contribution < -0.4 is 29.0 Å². The molecule has 0 unspecified atom stereocenters. The molecule has 144 valence electrons. The van der Waals surface area contributed by atoms with Crippen LogP contribution in [0.5, 0.6) is 17.2 Å². The summed E-state index contributed by atoms with van der Waals surface area (Å²) >= 11 is 1.20. The third-order valence-electron chi connectivity index (χ3n) is 4.04. The minimum absolute atomic E-state index is 0.200. The second-order valence-corrected chi connectivity index (χ2v) is 6.86. The van der Waals surface area contributed by atoms with Crippen molar-refractivity contribution in [3.63, 3.8) is 0 Å². The molecule has 7 heteroatoms. The van der Waals surface area contributed by atoms with Crippen molar-refractivity contribution >= 4 is 29.3 Å². The van der Waals surface area contributed by atoms with E-state index in [2.05, 4.69) is 4.98 Å². The number of ketones is 1. The molecule has 0 aliphatic carbocycles. The highest BCUT2D eigenvalue weighted by molar-refractivity contribution is 7.07. The van der Waals surface area contributed by atoms with Gasteiger partial charge in [0.2, 0.25) is 0 Å². The van der Waals surface area contributed by atoms with Gasteiger partial charge >= 0.3 is 0 Å². The predicted octanol–water partition coefficient (Wildman–Crippen LogP) is 1.95. The van der Waals surface area contributed by atoms with E-state index in [0.717, 1.165) is 5.56 Å². The van der Waals surface area contributed by atoms with Crippen LogP contribution in [0.4, 0.5) is 0 Å². The van der Waals surface area contributed by atoms with Gasteiger partial charge in [0.15, 0.2) is 5.78 Å². The lowest BCUT2D eigenvalue weighted by molar-refractivity contribution is 0.106. The molecule has 0 spiro atoms. The Balaban J connectivity index is 1.96. The summed E-state index contributed by atoms with van der Waals surface area (Å²) in [6.45, 7) is 0. The molecule has 0 aliphatic rings. The molecule has 0 radical (unpaired) electrons. The third kappa shape index (κ3) is 4.32. The van der Waals surface area contributed by atoms with Crippen LogP contribution in [0.2, 0.25) is 0 Å². The Kier molecular flexibility index (Phi) is 5.96. The van der Waals surface area contributed by atoms with Gasteiger partial charge in [0.1, 0.15) is 17.2 Å². The van der Waals surface area contributed by atoms with Crippen LogP contribution in [0.1, 0.15) is 15.9 Å². The van der Waals surface area contributed by atoms with E-state index in [4.69, 9.17) is 14.2 Å². The van der Waals surface area contributed by atoms with Gasteiger partial charge in [0.25, 0.3) is 5.56 Å². The first-order valence-corrected chi connectivity index (χ1v) is 9.18. The van der Waals surface area contributed by atoms with E-state index in [1.165, 1.54) is 17.4 Å². The fraction of sp³-hybridized carbons (Fsp3) is 0.143. The maximum atomic E-state index is 12.4. The van der Waals surface area contributed by atoms with Crippen molar-refractivity contribution in [3.05, 3.63) is 73.1 Å². The molecule has 2 aromatic carbocycles. The third-order valence-corrected chi connectivity index (χ3v) is 5.01. The highest BCUT2D eigenvalue weighted by Crippen LogP contribution is 2.24. The van der Waals surface area contributed by atoms with Gasteiger partial charge in [-0.15, -0.1) is 11.3 Å². The van der Waals surface area contributed by atoms with Crippen molar-refractivity contribution < 1.29 is 19.0 Å². The zero-order chi connectivity index (χ0) is 20.1. The van der Waals surface area contributed by atoms with E-state index in [0.29, 0.717) is 32.0 Å². The Hall–Kier alpha value is -3.32. The molecule has 1 heterocycles. The maximum absolute atomic E-state index is 12.4. The maximum Gasteiger partial charge on any atom is 0.266 e. The van der Waals surface area contributed by atoms with Crippen LogP contribution in [-0.2, 0) is 0 Å². The number of aromatic nitrogens is 1. The van der Waals surface area contributed by atoms with Crippen LogP contribution >= 0.6 is 11.3 Å². The van der Waals surface area contributed by atoms with Crippen molar-refractivity contribution in [2.45, 2.75) is 0 Å². The lowest BCUT2D eigenvalue weighted by atomic mass is 10.1. The molecule has 0 fully saturated rings. The number of thiazole rings is 1. The molecular formula is C21H19NO5S. The number of carbonyl (C=O) groups excluding carboxylic acids is 1. The average molecular weight is 397 g/mol. The first-order valence-electron chi connectivity index (χ1n) is 8.37. The number of Topliss-reactive ketones (excluding diaryl/α,β-unsaturated/α-hetero) is 1. The van der Waals surface area contributed by atoms with Crippen LogP contribution in [0, 0.1) is 0 Å². The van der Waals surface area contributed by atoms with E-state index in [1.807, 2.05) is 6.07 Å². The molecule has 3 aromatic rings. The molecule has 0 aliphatic heterocycles. The Morgan fingerprint density at radius 3 is 2.29 bits per heavy atom. The molecule has 1 N–H and O–H groups in total. The topological polar surface area (TPSA) is 77.6 Å². The quantitative estimate of drug-likeness (QED) is 0.644. The minimum atomic E-state index is -0.267. The van der Waals surface area contributed by atoms with Crippen molar-refractivity contribution in [1.29, 1.82) is 0 Å². The van der Waals surface area contributed by atoms with E-state index in [9.17, 15) is 9.59 Å². The van der Waals surface area contributed by atoms with Gasteiger partial charge in [-0.2, -0.15) is 0 Å². The number of H-pyrrole nitrogens is 1. The van der Waals surface area contributed by atoms with Gasteiger partial charge in [0.05, 0.1) is 30.5 Å². The number of rotatable bonds is 6. The van der Waals surface area contributed by atoms with Gasteiger partial charge in [-0.05, 0) is 42.5 Å². The summed E-state index contributed by atoms with van der Waals surface area (Å²) in [5.41, 5.74) is 0.984. The Labute approximate surface area is 165 Å². The molecule has 0 bridgehead atoms. The molecule has 1 aromatic heterocycles. The van der Waals surface area contributed by atoms with E-state index in [1.54, 1.807) is 63.8 Å². The second-order valence-electron chi connectivity index (χ2n) is 5.77. The monoisotopic (exact) mass is 397 g/mol. The first-order chi connectivity index (χ1) is 13.5. The van der Waals surface area contributed by atoms with Gasteiger partial charge in [-0.25, -0.2) is 0 Å². The smallest absolute Gasteiger partial charge is 0.266 e. The number of nitrogens with one attached hydrogen (secondary N) is 1. The Bertz CT molecular complexity index is 1160. The van der Waals surface area contributed by atoms with Crippen LogP contribution in [0.15, 0.2) is 47.3 Å². The number of carbonyl (C=O) groups is 1. The largest absolute Gasteiger partial charge is 0.497 e. The van der Waals surface area contributed by atoms with Crippen LogP contribution in [-0.4, -0.2) is 32.1 Å². The van der Waals surface area contributed by atoms with Crippen molar-refractivity contribution in [1.82, 2.24) is 4.98 Å². The summed E-state index contributed by atoms with van der Waals surface area (Å²) in [6, 6.07) is 12.1. The Morgan fingerprint density at radius 1 is 0.964 bits per heavy atom. The van der Waals surface area contributed by atoms with E-state index >= 15 is 0 Å². The van der Waals surface area contributed by atoms with Gasteiger partial charge in [-0.3, -0.25) is 9.59 Å². The zero-order valence-electron chi connectivity index (χ0n) is 15.6. The zero-order valence-corrected chi connectivity index (χ0v) is 16.5. The SMILES string of the molecule is COc1ccc(C(=O)/C=c2\[nH]c(=O)/c(=C\c3ccc(OC)cc3OC)s2)cc1. The molecule has 0 saturated heterocycles. The second kappa shape index (κ2) is 8.58. The standard InChI is InChI=1S/C21H19NO5S/c1-25-15-7-4-13(5-8-15)17(23)12-20-22-21(24)19(28-20)10-14-6-9-16(26-2)11-18(14)27-3/h4-12H,1-3H3,(H,22,24)/b19-10+,20-12+. The number of aromatic amines is 1. The summed E-state index contributed by atoms with van der Waals surface area (Å²) in [4.78, 5) is 27.4. The van der Waals surface area contributed by atoms with E-state index in [-0.39, 0.29) is 11.3 Å². The summed E-state index contributed by atoms with van der Waals surface area (Å²) in [5.74, 6) is 1.72. The lowest BCUT2D eigenvalue weighted by Crippen LogP contribution is -2.20. The molecule has 6 nitrogen and oxygen atoms in total. The van der Waals surface area contributed by atoms with Crippen LogP contribution in [0.25, 0.3) is 12.2 Å². The fourth-order valence-electron chi connectivity index (χ4n) is 2.56. The lowest BCUT2D eigenvalue weighted by Gasteiger charge is -2.06.